The first-order chi connectivity index (χ1) is 11.7. The van der Waals surface area contributed by atoms with Gasteiger partial charge in [0.2, 0.25) is 5.82 Å². The molecule has 0 unspecified atom stereocenters. The number of fused-ring (bicyclic) bond motifs is 1. The highest BCUT2D eigenvalue weighted by Crippen LogP contribution is 2.25. The highest BCUT2D eigenvalue weighted by Gasteiger charge is 2.24. The number of rotatable bonds is 3. The fraction of sp³-hybridized carbons (Fsp3) is 0.588. The third-order valence-corrected chi connectivity index (χ3v) is 5.88. The van der Waals surface area contributed by atoms with Crippen molar-refractivity contribution in [3.8, 4) is 6.07 Å². The molecule has 1 fully saturated rings. The van der Waals surface area contributed by atoms with Crippen LogP contribution < -0.4 is 0 Å². The first kappa shape index (κ1) is 17.8. The van der Waals surface area contributed by atoms with Gasteiger partial charge < -0.3 is 4.57 Å². The van der Waals surface area contributed by atoms with E-state index in [4.69, 9.17) is 5.26 Å². The van der Waals surface area contributed by atoms with Gasteiger partial charge in [0, 0.05) is 43.5 Å². The van der Waals surface area contributed by atoms with Crippen LogP contribution in [0.1, 0.15) is 32.3 Å². The smallest absolute Gasteiger partial charge is 0.234 e. The predicted octanol–water partition coefficient (Wildman–Crippen LogP) is 1.58. The molecular weight excluding hydrogens is 338 g/mol. The van der Waals surface area contributed by atoms with E-state index in [2.05, 4.69) is 40.2 Å². The van der Waals surface area contributed by atoms with Gasteiger partial charge in [-0.25, -0.2) is 18.4 Å². The van der Waals surface area contributed by atoms with Crippen molar-refractivity contribution in [3.05, 3.63) is 23.8 Å². The SMILES string of the molecule is CC(C)(C)Cn1c(CN2CCS(=O)(=O)CC2)cc2cnc(C#N)nc21. The van der Waals surface area contributed by atoms with Crippen molar-refractivity contribution in [2.24, 2.45) is 5.41 Å². The van der Waals surface area contributed by atoms with Gasteiger partial charge in [-0.3, -0.25) is 4.90 Å². The van der Waals surface area contributed by atoms with Crippen molar-refractivity contribution in [2.45, 2.75) is 33.9 Å². The van der Waals surface area contributed by atoms with Gasteiger partial charge in [-0.15, -0.1) is 0 Å². The van der Waals surface area contributed by atoms with Crippen LogP contribution in [0.4, 0.5) is 0 Å². The second kappa shape index (κ2) is 6.39. The van der Waals surface area contributed by atoms with Crippen LogP contribution in [0.25, 0.3) is 11.0 Å². The van der Waals surface area contributed by atoms with Crippen LogP contribution in [0.2, 0.25) is 0 Å². The van der Waals surface area contributed by atoms with Crippen molar-refractivity contribution in [1.29, 1.82) is 5.26 Å². The molecule has 0 N–H and O–H groups in total. The predicted molar refractivity (Wildman–Crippen MR) is 95.6 cm³/mol. The highest BCUT2D eigenvalue weighted by atomic mass is 32.2. The summed E-state index contributed by atoms with van der Waals surface area (Å²) < 4.78 is 25.4. The molecule has 8 heteroatoms. The fourth-order valence-corrected chi connectivity index (χ4v) is 4.34. The molecule has 134 valence electrons. The van der Waals surface area contributed by atoms with Crippen molar-refractivity contribution < 1.29 is 8.42 Å². The van der Waals surface area contributed by atoms with Crippen LogP contribution in [0, 0.1) is 16.7 Å². The van der Waals surface area contributed by atoms with Gasteiger partial charge in [-0.05, 0) is 11.5 Å². The summed E-state index contributed by atoms with van der Waals surface area (Å²) in [5.41, 5.74) is 1.89. The Morgan fingerprint density at radius 1 is 1.28 bits per heavy atom. The fourth-order valence-electron chi connectivity index (χ4n) is 3.07. The number of nitriles is 1. The Balaban J connectivity index is 1.96. The molecule has 7 nitrogen and oxygen atoms in total. The second-order valence-electron chi connectivity index (χ2n) is 7.79. The monoisotopic (exact) mass is 361 g/mol. The Morgan fingerprint density at radius 3 is 2.56 bits per heavy atom. The minimum Gasteiger partial charge on any atom is -0.328 e. The van der Waals surface area contributed by atoms with Gasteiger partial charge in [0.05, 0.1) is 11.5 Å². The van der Waals surface area contributed by atoms with Crippen molar-refractivity contribution in [3.63, 3.8) is 0 Å². The summed E-state index contributed by atoms with van der Waals surface area (Å²) in [5, 5.41) is 9.99. The maximum atomic E-state index is 11.6. The molecule has 1 saturated heterocycles. The third-order valence-electron chi connectivity index (χ3n) is 4.28. The molecule has 25 heavy (non-hydrogen) atoms. The first-order valence-electron chi connectivity index (χ1n) is 8.35. The van der Waals surface area contributed by atoms with Crippen LogP contribution in [0.5, 0.6) is 0 Å². The van der Waals surface area contributed by atoms with E-state index in [0.717, 1.165) is 23.3 Å². The Morgan fingerprint density at radius 2 is 1.96 bits per heavy atom. The molecule has 2 aromatic heterocycles. The Kier molecular flexibility index (Phi) is 4.56. The molecule has 1 aliphatic rings. The Bertz CT molecular complexity index is 920. The quantitative estimate of drug-likeness (QED) is 0.824. The molecular formula is C17H23N5O2S. The molecule has 0 saturated carbocycles. The zero-order valence-electron chi connectivity index (χ0n) is 14.9. The van der Waals surface area contributed by atoms with E-state index < -0.39 is 9.84 Å². The lowest BCUT2D eigenvalue weighted by Gasteiger charge is -2.28. The highest BCUT2D eigenvalue weighted by molar-refractivity contribution is 7.91. The minimum absolute atomic E-state index is 0.0453. The molecule has 3 heterocycles. The molecule has 3 rings (SSSR count). The number of sulfone groups is 1. The molecule has 1 aliphatic heterocycles. The Hall–Kier alpha value is -1.98. The van der Waals surface area contributed by atoms with E-state index in [9.17, 15) is 8.42 Å². The van der Waals surface area contributed by atoms with Crippen LogP contribution in [0.15, 0.2) is 12.3 Å². The van der Waals surface area contributed by atoms with E-state index in [0.29, 0.717) is 19.6 Å². The number of aromatic nitrogens is 3. The molecule has 0 atom stereocenters. The van der Waals surface area contributed by atoms with E-state index in [1.165, 1.54) is 0 Å². The third kappa shape index (κ3) is 4.17. The van der Waals surface area contributed by atoms with Gasteiger partial charge in [-0.1, -0.05) is 20.8 Å². The topological polar surface area (TPSA) is 91.9 Å². The average molecular weight is 361 g/mol. The molecule has 0 radical (unpaired) electrons. The molecule has 0 bridgehead atoms. The lowest BCUT2D eigenvalue weighted by atomic mass is 9.97. The number of hydrogen-bond donors (Lipinski definition) is 0. The van der Waals surface area contributed by atoms with Gasteiger partial charge in [0.15, 0.2) is 9.84 Å². The van der Waals surface area contributed by atoms with Gasteiger partial charge in [0.25, 0.3) is 0 Å². The lowest BCUT2D eigenvalue weighted by molar-refractivity contribution is 0.271. The molecule has 0 aromatic carbocycles. The molecule has 0 spiro atoms. The standard InChI is InChI=1S/C17H23N5O2S/c1-17(2,3)12-22-14(11-21-4-6-25(23,24)7-5-21)8-13-10-19-15(9-18)20-16(13)22/h8,10H,4-7,11-12H2,1-3H3. The summed E-state index contributed by atoms with van der Waals surface area (Å²) >= 11 is 0. The zero-order valence-corrected chi connectivity index (χ0v) is 15.7. The summed E-state index contributed by atoms with van der Waals surface area (Å²) in [7, 11) is -2.89. The van der Waals surface area contributed by atoms with Crippen molar-refractivity contribution in [1.82, 2.24) is 19.4 Å². The lowest BCUT2D eigenvalue weighted by Crippen LogP contribution is -2.40. The van der Waals surface area contributed by atoms with Gasteiger partial charge >= 0.3 is 0 Å². The maximum absolute atomic E-state index is 11.6. The zero-order chi connectivity index (χ0) is 18.2. The normalized spacial score (nSPS) is 18.3. The Labute approximate surface area is 148 Å². The summed E-state index contributed by atoms with van der Waals surface area (Å²) in [6, 6.07) is 4.04. The van der Waals surface area contributed by atoms with Crippen molar-refractivity contribution >= 4 is 20.9 Å². The number of hydrogen-bond acceptors (Lipinski definition) is 6. The maximum Gasteiger partial charge on any atom is 0.234 e. The van der Waals surface area contributed by atoms with Crippen LogP contribution >= 0.6 is 0 Å². The van der Waals surface area contributed by atoms with E-state index in [1.54, 1.807) is 6.20 Å². The first-order valence-corrected chi connectivity index (χ1v) is 10.2. The van der Waals surface area contributed by atoms with Crippen LogP contribution in [-0.2, 0) is 22.9 Å². The second-order valence-corrected chi connectivity index (χ2v) is 10.1. The van der Waals surface area contributed by atoms with E-state index in [1.807, 2.05) is 12.1 Å². The molecule has 0 amide bonds. The van der Waals surface area contributed by atoms with Crippen LogP contribution in [-0.4, -0.2) is 52.4 Å². The van der Waals surface area contributed by atoms with Crippen LogP contribution in [0.3, 0.4) is 0 Å². The average Bonchev–Trinajstić information content (AvgIpc) is 2.84. The summed E-state index contributed by atoms with van der Waals surface area (Å²) in [5.74, 6) is 0.590. The molecule has 0 aliphatic carbocycles. The van der Waals surface area contributed by atoms with E-state index in [-0.39, 0.29) is 22.7 Å². The summed E-state index contributed by atoms with van der Waals surface area (Å²) in [4.78, 5) is 10.6. The minimum atomic E-state index is -2.89. The van der Waals surface area contributed by atoms with E-state index >= 15 is 0 Å². The molecule has 2 aromatic rings. The largest absolute Gasteiger partial charge is 0.328 e. The van der Waals surface area contributed by atoms with Gasteiger partial charge in [0.1, 0.15) is 11.7 Å². The van der Waals surface area contributed by atoms with Crippen molar-refractivity contribution in [2.75, 3.05) is 24.6 Å². The number of nitrogens with zero attached hydrogens (tertiary/aromatic N) is 5. The van der Waals surface area contributed by atoms with Gasteiger partial charge in [-0.2, -0.15) is 5.26 Å². The summed E-state index contributed by atoms with van der Waals surface area (Å²) in [6.45, 7) is 9.00. The summed E-state index contributed by atoms with van der Waals surface area (Å²) in [6.07, 6.45) is 1.68.